The van der Waals surface area contributed by atoms with Crippen LogP contribution < -0.4 is 11.1 Å². The van der Waals surface area contributed by atoms with Crippen LogP contribution in [-0.2, 0) is 6.54 Å². The van der Waals surface area contributed by atoms with Gasteiger partial charge in [0, 0.05) is 12.2 Å². The van der Waals surface area contributed by atoms with Crippen molar-refractivity contribution in [2.45, 2.75) is 13.5 Å². The normalized spacial score (nSPS) is 9.69. The second-order valence-electron chi connectivity index (χ2n) is 2.58. The van der Waals surface area contributed by atoms with E-state index in [2.05, 4.69) is 10.3 Å². The van der Waals surface area contributed by atoms with Gasteiger partial charge in [-0.3, -0.25) is 5.32 Å². The monoisotopic (exact) mass is 181 g/mol. The molecule has 0 aliphatic heterocycles. The molecule has 0 saturated carbocycles. The van der Waals surface area contributed by atoms with Crippen LogP contribution in [0.25, 0.3) is 0 Å². The number of aryl methyl sites for hydroxylation is 1. The van der Waals surface area contributed by atoms with Crippen LogP contribution in [0.5, 0.6) is 0 Å². The molecule has 13 heavy (non-hydrogen) atoms. The number of carboxylic acid groups (broad SMARTS) is 1. The molecular formula is C8H11N3O2. The molecule has 4 N–H and O–H groups in total. The molecule has 0 saturated heterocycles. The molecule has 1 amide bonds. The van der Waals surface area contributed by atoms with Crippen molar-refractivity contribution < 1.29 is 9.90 Å². The summed E-state index contributed by atoms with van der Waals surface area (Å²) in [6, 6.07) is 3.34. The first-order valence-corrected chi connectivity index (χ1v) is 3.80. The van der Waals surface area contributed by atoms with E-state index >= 15 is 0 Å². The highest BCUT2D eigenvalue weighted by Gasteiger charge is 2.02. The third-order valence-electron chi connectivity index (χ3n) is 1.65. The van der Waals surface area contributed by atoms with Gasteiger partial charge in [-0.1, -0.05) is 6.07 Å². The van der Waals surface area contributed by atoms with E-state index in [1.807, 2.05) is 0 Å². The molecule has 5 nitrogen and oxygen atoms in total. The lowest BCUT2D eigenvalue weighted by Crippen LogP contribution is -2.10. The zero-order valence-corrected chi connectivity index (χ0v) is 7.24. The third-order valence-corrected chi connectivity index (χ3v) is 1.65. The number of nitrogens with zero attached hydrogens (tertiary/aromatic N) is 1. The summed E-state index contributed by atoms with van der Waals surface area (Å²) in [5.74, 6) is 0.321. The molecule has 1 aromatic rings. The average Bonchev–Trinajstić information content (AvgIpc) is 2.03. The van der Waals surface area contributed by atoms with Gasteiger partial charge in [0.05, 0.1) is 0 Å². The number of hydrogen-bond donors (Lipinski definition) is 3. The fourth-order valence-corrected chi connectivity index (χ4v) is 0.985. The summed E-state index contributed by atoms with van der Waals surface area (Å²) in [5.41, 5.74) is 7.08. The SMILES string of the molecule is Cc1nc(NC(=O)O)ccc1CN. The van der Waals surface area contributed by atoms with Crippen LogP contribution in [0.1, 0.15) is 11.3 Å². The first kappa shape index (κ1) is 9.47. The zero-order chi connectivity index (χ0) is 9.84. The fourth-order valence-electron chi connectivity index (χ4n) is 0.985. The molecule has 1 heterocycles. The van der Waals surface area contributed by atoms with Gasteiger partial charge in [0.2, 0.25) is 0 Å². The highest BCUT2D eigenvalue weighted by atomic mass is 16.4. The first-order valence-electron chi connectivity index (χ1n) is 3.80. The highest BCUT2D eigenvalue weighted by Crippen LogP contribution is 2.09. The summed E-state index contributed by atoms with van der Waals surface area (Å²) in [6.07, 6.45) is -1.12. The second-order valence-corrected chi connectivity index (χ2v) is 2.58. The molecule has 0 radical (unpaired) electrons. The molecule has 0 aliphatic rings. The predicted octanol–water partition coefficient (Wildman–Crippen LogP) is 0.939. The molecule has 5 heteroatoms. The van der Waals surface area contributed by atoms with Crippen LogP contribution in [0.3, 0.4) is 0 Å². The van der Waals surface area contributed by atoms with Crippen LogP contribution in [0.2, 0.25) is 0 Å². The second kappa shape index (κ2) is 3.86. The van der Waals surface area contributed by atoms with Gasteiger partial charge in [0.1, 0.15) is 5.82 Å². The smallest absolute Gasteiger partial charge is 0.410 e. The third kappa shape index (κ3) is 2.41. The Morgan fingerprint density at radius 2 is 2.38 bits per heavy atom. The maximum Gasteiger partial charge on any atom is 0.410 e. The lowest BCUT2D eigenvalue weighted by atomic mass is 10.2. The average molecular weight is 181 g/mol. The lowest BCUT2D eigenvalue weighted by molar-refractivity contribution is 0.209. The van der Waals surface area contributed by atoms with Crippen LogP contribution in [0, 0.1) is 6.92 Å². The number of hydrogen-bond acceptors (Lipinski definition) is 3. The summed E-state index contributed by atoms with van der Waals surface area (Å²) < 4.78 is 0. The quantitative estimate of drug-likeness (QED) is 0.633. The van der Waals surface area contributed by atoms with Crippen molar-refractivity contribution in [1.82, 2.24) is 4.98 Å². The van der Waals surface area contributed by atoms with Gasteiger partial charge in [-0.2, -0.15) is 0 Å². The lowest BCUT2D eigenvalue weighted by Gasteiger charge is -2.04. The van der Waals surface area contributed by atoms with Gasteiger partial charge in [-0.25, -0.2) is 9.78 Å². The minimum Gasteiger partial charge on any atom is -0.465 e. The van der Waals surface area contributed by atoms with E-state index in [0.29, 0.717) is 12.4 Å². The molecule has 1 rings (SSSR count). The van der Waals surface area contributed by atoms with E-state index in [-0.39, 0.29) is 0 Å². The summed E-state index contributed by atoms with van der Waals surface area (Å²) in [7, 11) is 0. The Hall–Kier alpha value is -1.62. The Labute approximate surface area is 75.6 Å². The van der Waals surface area contributed by atoms with Crippen LogP contribution in [0.15, 0.2) is 12.1 Å². The van der Waals surface area contributed by atoms with Gasteiger partial charge in [-0.05, 0) is 18.6 Å². The molecule has 70 valence electrons. The highest BCUT2D eigenvalue weighted by molar-refractivity contribution is 5.81. The number of carbonyl (C=O) groups is 1. The molecule has 0 aromatic carbocycles. The maximum atomic E-state index is 10.3. The number of nitrogens with two attached hydrogens (primary N) is 1. The fraction of sp³-hybridized carbons (Fsp3) is 0.250. The first-order chi connectivity index (χ1) is 6.13. The molecule has 0 bridgehead atoms. The Morgan fingerprint density at radius 1 is 1.69 bits per heavy atom. The summed E-state index contributed by atoms with van der Waals surface area (Å²) in [6.45, 7) is 2.20. The molecular weight excluding hydrogens is 170 g/mol. The van der Waals surface area contributed by atoms with Gasteiger partial charge >= 0.3 is 6.09 Å². The van der Waals surface area contributed by atoms with E-state index < -0.39 is 6.09 Å². The Bertz CT molecular complexity index is 325. The summed E-state index contributed by atoms with van der Waals surface area (Å²) >= 11 is 0. The molecule has 1 aromatic heterocycles. The minimum absolute atomic E-state index is 0.321. The molecule has 0 aliphatic carbocycles. The molecule has 0 unspecified atom stereocenters. The Morgan fingerprint density at radius 3 is 2.85 bits per heavy atom. The summed E-state index contributed by atoms with van der Waals surface area (Å²) in [4.78, 5) is 14.3. The van der Waals surface area contributed by atoms with Crippen LogP contribution in [-0.4, -0.2) is 16.2 Å². The van der Waals surface area contributed by atoms with Crippen LogP contribution >= 0.6 is 0 Å². The topological polar surface area (TPSA) is 88.2 Å². The molecule has 0 spiro atoms. The van der Waals surface area contributed by atoms with Crippen LogP contribution in [0.4, 0.5) is 10.6 Å². The zero-order valence-electron chi connectivity index (χ0n) is 7.24. The van der Waals surface area contributed by atoms with Crippen molar-refractivity contribution in [2.24, 2.45) is 5.73 Å². The Kier molecular flexibility index (Phi) is 2.81. The van der Waals surface area contributed by atoms with E-state index in [9.17, 15) is 4.79 Å². The van der Waals surface area contributed by atoms with Crippen molar-refractivity contribution in [3.63, 3.8) is 0 Å². The maximum absolute atomic E-state index is 10.3. The van der Waals surface area contributed by atoms with Gasteiger partial charge < -0.3 is 10.8 Å². The van der Waals surface area contributed by atoms with Gasteiger partial charge in [-0.15, -0.1) is 0 Å². The predicted molar refractivity (Wildman–Crippen MR) is 48.5 cm³/mol. The Balaban J connectivity index is 2.89. The van der Waals surface area contributed by atoms with E-state index in [4.69, 9.17) is 10.8 Å². The van der Waals surface area contributed by atoms with Crippen molar-refractivity contribution >= 4 is 11.9 Å². The molecule has 0 fully saturated rings. The van der Waals surface area contributed by atoms with Crippen molar-refractivity contribution in [1.29, 1.82) is 0 Å². The van der Waals surface area contributed by atoms with E-state index in [1.165, 1.54) is 0 Å². The largest absolute Gasteiger partial charge is 0.465 e. The van der Waals surface area contributed by atoms with Crippen molar-refractivity contribution in [3.8, 4) is 0 Å². The standard InChI is InChI=1S/C8H11N3O2/c1-5-6(4-9)2-3-7(10-5)11-8(12)13/h2-3H,4,9H2,1H3,(H,10,11)(H,12,13). The number of rotatable bonds is 2. The number of amides is 1. The van der Waals surface area contributed by atoms with E-state index in [1.54, 1.807) is 19.1 Å². The number of aromatic nitrogens is 1. The number of nitrogens with one attached hydrogen (secondary N) is 1. The molecule has 0 atom stereocenters. The van der Waals surface area contributed by atoms with E-state index in [0.717, 1.165) is 11.3 Å². The van der Waals surface area contributed by atoms with Gasteiger partial charge in [0.25, 0.3) is 0 Å². The van der Waals surface area contributed by atoms with Gasteiger partial charge in [0.15, 0.2) is 0 Å². The minimum atomic E-state index is -1.12. The number of anilines is 1. The van der Waals surface area contributed by atoms with Crippen molar-refractivity contribution in [3.05, 3.63) is 23.4 Å². The number of pyridine rings is 1. The summed E-state index contributed by atoms with van der Waals surface area (Å²) in [5, 5.41) is 10.6. The van der Waals surface area contributed by atoms with Crippen molar-refractivity contribution in [2.75, 3.05) is 5.32 Å².